The van der Waals surface area contributed by atoms with Gasteiger partial charge in [0, 0.05) is 0 Å². The lowest BCUT2D eigenvalue weighted by Gasteiger charge is -2.03. The van der Waals surface area contributed by atoms with E-state index < -0.39 is 29.6 Å². The number of carboxylic acids is 1. The number of H-pyrrole nitrogens is 1. The SMILES string of the molecule is O=C(O)Cn1c(=O)[nH]c2ccc(F)cc2c1=O. The van der Waals surface area contributed by atoms with Crippen LogP contribution in [0.1, 0.15) is 0 Å². The number of aliphatic carboxylic acids is 1. The van der Waals surface area contributed by atoms with E-state index in [2.05, 4.69) is 4.98 Å². The van der Waals surface area contributed by atoms with Crippen molar-refractivity contribution in [3.8, 4) is 0 Å². The van der Waals surface area contributed by atoms with E-state index in [0.29, 0.717) is 4.57 Å². The normalized spacial score (nSPS) is 10.6. The number of halogens is 1. The lowest BCUT2D eigenvalue weighted by Crippen LogP contribution is -2.37. The third-order valence-electron chi connectivity index (χ3n) is 2.24. The summed E-state index contributed by atoms with van der Waals surface area (Å²) in [5.41, 5.74) is -1.50. The van der Waals surface area contributed by atoms with E-state index in [1.54, 1.807) is 0 Å². The minimum atomic E-state index is -1.33. The third kappa shape index (κ3) is 1.94. The summed E-state index contributed by atoms with van der Waals surface area (Å²) in [5, 5.41) is 8.49. The van der Waals surface area contributed by atoms with Crippen molar-refractivity contribution in [1.29, 1.82) is 0 Å². The first-order valence-corrected chi connectivity index (χ1v) is 4.63. The number of nitrogens with one attached hydrogen (secondary N) is 1. The predicted molar refractivity (Wildman–Crippen MR) is 56.4 cm³/mol. The quantitative estimate of drug-likeness (QED) is 0.765. The Hall–Kier alpha value is -2.44. The molecule has 0 bridgehead atoms. The van der Waals surface area contributed by atoms with Crippen molar-refractivity contribution in [1.82, 2.24) is 9.55 Å². The number of nitrogens with zero attached hydrogens (tertiary/aromatic N) is 1. The Morgan fingerprint density at radius 2 is 2.12 bits per heavy atom. The van der Waals surface area contributed by atoms with Crippen molar-refractivity contribution in [2.75, 3.05) is 0 Å². The molecule has 0 saturated carbocycles. The monoisotopic (exact) mass is 238 g/mol. The molecule has 0 spiro atoms. The van der Waals surface area contributed by atoms with Crippen LogP contribution in [0.15, 0.2) is 27.8 Å². The molecule has 0 atom stereocenters. The zero-order valence-corrected chi connectivity index (χ0v) is 8.44. The van der Waals surface area contributed by atoms with E-state index in [-0.39, 0.29) is 10.9 Å². The van der Waals surface area contributed by atoms with Crippen molar-refractivity contribution in [3.05, 3.63) is 44.9 Å². The number of fused-ring (bicyclic) bond motifs is 1. The van der Waals surface area contributed by atoms with Gasteiger partial charge in [-0.2, -0.15) is 0 Å². The molecule has 88 valence electrons. The van der Waals surface area contributed by atoms with Gasteiger partial charge in [0.15, 0.2) is 0 Å². The van der Waals surface area contributed by atoms with Crippen LogP contribution in [-0.4, -0.2) is 20.6 Å². The number of rotatable bonds is 2. The number of carboxylic acid groups (broad SMARTS) is 1. The number of aromatic nitrogens is 2. The van der Waals surface area contributed by atoms with Gasteiger partial charge in [-0.25, -0.2) is 13.8 Å². The molecule has 0 aliphatic carbocycles. The summed E-state index contributed by atoms with van der Waals surface area (Å²) >= 11 is 0. The Morgan fingerprint density at radius 3 is 2.76 bits per heavy atom. The van der Waals surface area contributed by atoms with E-state index in [9.17, 15) is 18.8 Å². The van der Waals surface area contributed by atoms with Crippen LogP contribution < -0.4 is 11.2 Å². The second kappa shape index (κ2) is 3.85. The number of carbonyl (C=O) groups is 1. The Bertz CT molecular complexity index is 716. The minimum Gasteiger partial charge on any atom is -0.480 e. The molecule has 2 N–H and O–H groups in total. The van der Waals surface area contributed by atoms with Gasteiger partial charge >= 0.3 is 11.7 Å². The number of hydrogen-bond donors (Lipinski definition) is 2. The molecule has 0 amide bonds. The van der Waals surface area contributed by atoms with Crippen molar-refractivity contribution >= 4 is 16.9 Å². The highest BCUT2D eigenvalue weighted by atomic mass is 19.1. The van der Waals surface area contributed by atoms with E-state index in [1.807, 2.05) is 0 Å². The molecule has 6 nitrogen and oxygen atoms in total. The van der Waals surface area contributed by atoms with Crippen LogP contribution in [0, 0.1) is 5.82 Å². The first kappa shape index (κ1) is 11.1. The van der Waals surface area contributed by atoms with Gasteiger partial charge in [-0.05, 0) is 18.2 Å². The van der Waals surface area contributed by atoms with Gasteiger partial charge in [0.2, 0.25) is 0 Å². The maximum absolute atomic E-state index is 13.0. The standard InChI is InChI=1S/C10H7FN2O4/c11-5-1-2-7-6(3-5)9(16)13(4-8(14)15)10(17)12-7/h1-3H,4H2,(H,12,17)(H,14,15). The fraction of sp³-hybridized carbons (Fsp3) is 0.100. The molecule has 0 aliphatic rings. The van der Waals surface area contributed by atoms with Crippen LogP contribution in [0.5, 0.6) is 0 Å². The summed E-state index contributed by atoms with van der Waals surface area (Å²) in [6.45, 7) is -0.763. The first-order valence-electron chi connectivity index (χ1n) is 4.63. The molecule has 17 heavy (non-hydrogen) atoms. The Kier molecular flexibility index (Phi) is 2.51. The lowest BCUT2D eigenvalue weighted by molar-refractivity contribution is -0.137. The van der Waals surface area contributed by atoms with Gasteiger partial charge in [-0.3, -0.25) is 9.59 Å². The highest BCUT2D eigenvalue weighted by molar-refractivity contribution is 5.77. The molecule has 0 unspecified atom stereocenters. The van der Waals surface area contributed by atoms with Crippen LogP contribution >= 0.6 is 0 Å². The van der Waals surface area contributed by atoms with Gasteiger partial charge in [-0.15, -0.1) is 0 Å². The van der Waals surface area contributed by atoms with Crippen molar-refractivity contribution < 1.29 is 14.3 Å². The van der Waals surface area contributed by atoms with Crippen LogP contribution in [0.3, 0.4) is 0 Å². The van der Waals surface area contributed by atoms with E-state index >= 15 is 0 Å². The highest BCUT2D eigenvalue weighted by Gasteiger charge is 2.10. The van der Waals surface area contributed by atoms with Crippen LogP contribution in [-0.2, 0) is 11.3 Å². The molecule has 2 rings (SSSR count). The van der Waals surface area contributed by atoms with E-state index in [4.69, 9.17) is 5.11 Å². The van der Waals surface area contributed by atoms with Gasteiger partial charge in [0.05, 0.1) is 10.9 Å². The molecule has 1 aromatic heterocycles. The molecule has 0 saturated heterocycles. The maximum atomic E-state index is 13.0. The summed E-state index contributed by atoms with van der Waals surface area (Å²) in [6.07, 6.45) is 0. The zero-order chi connectivity index (χ0) is 12.6. The molecular formula is C10H7FN2O4. The topological polar surface area (TPSA) is 92.2 Å². The van der Waals surface area contributed by atoms with E-state index in [1.165, 1.54) is 6.07 Å². The van der Waals surface area contributed by atoms with Crippen LogP contribution in [0.4, 0.5) is 4.39 Å². The van der Waals surface area contributed by atoms with Crippen LogP contribution in [0.25, 0.3) is 10.9 Å². The summed E-state index contributed by atoms with van der Waals surface area (Å²) in [5.74, 6) is -1.96. The lowest BCUT2D eigenvalue weighted by atomic mass is 10.2. The maximum Gasteiger partial charge on any atom is 0.329 e. The molecule has 0 radical (unpaired) electrons. The molecule has 1 heterocycles. The Morgan fingerprint density at radius 1 is 1.41 bits per heavy atom. The average Bonchev–Trinajstić information content (AvgIpc) is 2.25. The molecular weight excluding hydrogens is 231 g/mol. The minimum absolute atomic E-state index is 0.0640. The molecule has 1 aromatic carbocycles. The zero-order valence-electron chi connectivity index (χ0n) is 8.44. The molecule has 0 aliphatic heterocycles. The van der Waals surface area contributed by atoms with Gasteiger partial charge in [-0.1, -0.05) is 0 Å². The average molecular weight is 238 g/mol. The predicted octanol–water partition coefficient (Wildman–Crippen LogP) is -0.0865. The van der Waals surface area contributed by atoms with Gasteiger partial charge in [0.25, 0.3) is 5.56 Å². The fourth-order valence-electron chi connectivity index (χ4n) is 1.50. The number of benzene rings is 1. The molecule has 0 fully saturated rings. The molecule has 7 heteroatoms. The van der Waals surface area contributed by atoms with Gasteiger partial charge in [0.1, 0.15) is 12.4 Å². The van der Waals surface area contributed by atoms with E-state index in [0.717, 1.165) is 12.1 Å². The largest absolute Gasteiger partial charge is 0.480 e. The second-order valence-corrected chi connectivity index (χ2v) is 3.41. The first-order chi connectivity index (χ1) is 7.99. The summed E-state index contributed by atoms with van der Waals surface area (Å²) in [7, 11) is 0. The summed E-state index contributed by atoms with van der Waals surface area (Å²) < 4.78 is 13.5. The third-order valence-corrected chi connectivity index (χ3v) is 2.24. The smallest absolute Gasteiger partial charge is 0.329 e. The number of aromatic amines is 1. The summed E-state index contributed by atoms with van der Waals surface area (Å²) in [6, 6.07) is 3.30. The number of hydrogen-bond acceptors (Lipinski definition) is 3. The second-order valence-electron chi connectivity index (χ2n) is 3.41. The Balaban J connectivity index is 2.83. The Labute approximate surface area is 92.9 Å². The van der Waals surface area contributed by atoms with Crippen molar-refractivity contribution in [3.63, 3.8) is 0 Å². The van der Waals surface area contributed by atoms with Crippen molar-refractivity contribution in [2.45, 2.75) is 6.54 Å². The summed E-state index contributed by atoms with van der Waals surface area (Å²) in [4.78, 5) is 36.0. The van der Waals surface area contributed by atoms with Crippen molar-refractivity contribution in [2.24, 2.45) is 0 Å². The fourth-order valence-corrected chi connectivity index (χ4v) is 1.50. The highest BCUT2D eigenvalue weighted by Crippen LogP contribution is 2.06. The van der Waals surface area contributed by atoms with Crippen LogP contribution in [0.2, 0.25) is 0 Å². The van der Waals surface area contributed by atoms with Gasteiger partial charge < -0.3 is 10.1 Å². The molecule has 2 aromatic rings.